The maximum atomic E-state index is 12.6. The first-order chi connectivity index (χ1) is 9.72. The number of hydrogen-bond donors (Lipinski definition) is 1. The van der Waals surface area contributed by atoms with E-state index >= 15 is 0 Å². The lowest BCUT2D eigenvalue weighted by molar-refractivity contribution is 0.0388. The van der Waals surface area contributed by atoms with Gasteiger partial charge in [-0.15, -0.1) is 0 Å². The Morgan fingerprint density at radius 3 is 2.95 bits per heavy atom. The maximum Gasteiger partial charge on any atom is 0.253 e. The number of hydrogen-bond acceptors (Lipinski definition) is 3. The molecule has 0 aromatic heterocycles. The van der Waals surface area contributed by atoms with E-state index in [4.69, 9.17) is 10.5 Å². The largest absolute Gasteiger partial charge is 0.381 e. The van der Waals surface area contributed by atoms with Gasteiger partial charge in [-0.2, -0.15) is 0 Å². The highest BCUT2D eigenvalue weighted by Crippen LogP contribution is 2.17. The van der Waals surface area contributed by atoms with Gasteiger partial charge in [0.2, 0.25) is 0 Å². The minimum atomic E-state index is 0.0830. The van der Waals surface area contributed by atoms with E-state index in [1.807, 2.05) is 36.2 Å². The zero-order valence-corrected chi connectivity index (χ0v) is 12.2. The van der Waals surface area contributed by atoms with Crippen molar-refractivity contribution < 1.29 is 9.53 Å². The molecule has 4 nitrogen and oxygen atoms in total. The van der Waals surface area contributed by atoms with Crippen LogP contribution in [0.2, 0.25) is 0 Å². The lowest BCUT2D eigenvalue weighted by Crippen LogP contribution is -2.35. The molecular weight excluding hydrogens is 252 g/mol. The average molecular weight is 276 g/mol. The summed E-state index contributed by atoms with van der Waals surface area (Å²) in [6, 6.07) is 7.74. The molecule has 4 heteroatoms. The molecular formula is C16H24N2O2. The van der Waals surface area contributed by atoms with Crippen LogP contribution in [0.1, 0.15) is 28.8 Å². The predicted molar refractivity (Wildman–Crippen MR) is 79.7 cm³/mol. The summed E-state index contributed by atoms with van der Waals surface area (Å²) in [5.41, 5.74) is 7.42. The van der Waals surface area contributed by atoms with Crippen LogP contribution in [0.5, 0.6) is 0 Å². The lowest BCUT2D eigenvalue weighted by atomic mass is 10.00. The number of benzene rings is 1. The van der Waals surface area contributed by atoms with E-state index in [9.17, 15) is 4.79 Å². The van der Waals surface area contributed by atoms with Crippen LogP contribution in [0.3, 0.4) is 0 Å². The molecule has 1 aliphatic rings. The summed E-state index contributed by atoms with van der Waals surface area (Å²) in [7, 11) is 1.87. The summed E-state index contributed by atoms with van der Waals surface area (Å²) >= 11 is 0. The van der Waals surface area contributed by atoms with Crippen LogP contribution in [0.15, 0.2) is 24.3 Å². The van der Waals surface area contributed by atoms with Crippen LogP contribution >= 0.6 is 0 Å². The summed E-state index contributed by atoms with van der Waals surface area (Å²) in [6.07, 6.45) is 2.97. The van der Waals surface area contributed by atoms with E-state index in [-0.39, 0.29) is 5.91 Å². The summed E-state index contributed by atoms with van der Waals surface area (Å²) in [6.45, 7) is 2.94. The lowest BCUT2D eigenvalue weighted by Gasteiger charge is -2.27. The van der Waals surface area contributed by atoms with E-state index in [0.717, 1.165) is 50.1 Å². The summed E-state index contributed by atoms with van der Waals surface area (Å²) < 4.78 is 5.48. The Labute approximate surface area is 120 Å². The summed E-state index contributed by atoms with van der Waals surface area (Å²) in [5, 5.41) is 0. The molecule has 1 heterocycles. The first kappa shape index (κ1) is 15.0. The van der Waals surface area contributed by atoms with Crippen molar-refractivity contribution in [2.75, 3.05) is 33.4 Å². The molecule has 1 atom stereocenters. The third-order valence-corrected chi connectivity index (χ3v) is 3.79. The van der Waals surface area contributed by atoms with Gasteiger partial charge in [-0.25, -0.2) is 0 Å². The number of ether oxygens (including phenoxy) is 1. The van der Waals surface area contributed by atoms with E-state index in [2.05, 4.69) is 0 Å². The number of carbonyl (C=O) groups excluding carboxylic acids is 1. The minimum Gasteiger partial charge on any atom is -0.381 e. The van der Waals surface area contributed by atoms with Crippen molar-refractivity contribution in [2.45, 2.75) is 19.3 Å². The van der Waals surface area contributed by atoms with Crippen molar-refractivity contribution in [1.29, 1.82) is 0 Å². The van der Waals surface area contributed by atoms with Gasteiger partial charge in [-0.3, -0.25) is 4.79 Å². The molecule has 0 aliphatic carbocycles. The molecule has 0 spiro atoms. The Balaban J connectivity index is 2.02. The number of nitrogens with zero attached hydrogens (tertiary/aromatic N) is 1. The Kier molecular flexibility index (Phi) is 5.56. The van der Waals surface area contributed by atoms with Crippen LogP contribution < -0.4 is 5.73 Å². The zero-order valence-electron chi connectivity index (χ0n) is 12.2. The molecule has 20 heavy (non-hydrogen) atoms. The minimum absolute atomic E-state index is 0.0830. The molecule has 0 bridgehead atoms. The normalized spacial score (nSPS) is 18.8. The van der Waals surface area contributed by atoms with Gasteiger partial charge < -0.3 is 15.4 Å². The van der Waals surface area contributed by atoms with Crippen LogP contribution in [-0.4, -0.2) is 44.2 Å². The molecule has 1 fully saturated rings. The standard InChI is InChI=1S/C16H24N2O2/c1-18(11-13-5-4-10-20-12-13)16(19)15-7-3-2-6-14(15)8-9-17/h2-3,6-7,13H,4-5,8-12,17H2,1H3. The average Bonchev–Trinajstić information content (AvgIpc) is 2.48. The monoisotopic (exact) mass is 276 g/mol. The fourth-order valence-electron chi connectivity index (χ4n) is 2.73. The molecule has 1 amide bonds. The third kappa shape index (κ3) is 3.81. The predicted octanol–water partition coefficient (Wildman–Crippen LogP) is 1.69. The molecule has 1 aliphatic heterocycles. The Morgan fingerprint density at radius 2 is 2.25 bits per heavy atom. The molecule has 110 valence electrons. The van der Waals surface area contributed by atoms with E-state index in [0.29, 0.717) is 12.5 Å². The molecule has 2 rings (SSSR count). The molecule has 1 unspecified atom stereocenters. The fraction of sp³-hybridized carbons (Fsp3) is 0.562. The zero-order chi connectivity index (χ0) is 14.4. The number of rotatable bonds is 5. The van der Waals surface area contributed by atoms with Crippen LogP contribution in [0.4, 0.5) is 0 Å². The van der Waals surface area contributed by atoms with E-state index in [1.165, 1.54) is 0 Å². The number of carbonyl (C=O) groups is 1. The van der Waals surface area contributed by atoms with Crippen molar-refractivity contribution >= 4 is 5.91 Å². The van der Waals surface area contributed by atoms with Crippen molar-refractivity contribution in [3.8, 4) is 0 Å². The van der Waals surface area contributed by atoms with Gasteiger partial charge >= 0.3 is 0 Å². The second-order valence-electron chi connectivity index (χ2n) is 5.46. The number of nitrogens with two attached hydrogens (primary N) is 1. The smallest absolute Gasteiger partial charge is 0.253 e. The fourth-order valence-corrected chi connectivity index (χ4v) is 2.73. The van der Waals surface area contributed by atoms with E-state index < -0.39 is 0 Å². The van der Waals surface area contributed by atoms with E-state index in [1.54, 1.807) is 0 Å². The topological polar surface area (TPSA) is 55.6 Å². The van der Waals surface area contributed by atoms with Crippen molar-refractivity contribution in [3.05, 3.63) is 35.4 Å². The first-order valence-electron chi connectivity index (χ1n) is 7.33. The van der Waals surface area contributed by atoms with Gasteiger partial charge in [-0.1, -0.05) is 18.2 Å². The van der Waals surface area contributed by atoms with Crippen molar-refractivity contribution in [3.63, 3.8) is 0 Å². The highest BCUT2D eigenvalue weighted by Gasteiger charge is 2.20. The highest BCUT2D eigenvalue weighted by atomic mass is 16.5. The Bertz CT molecular complexity index is 442. The van der Waals surface area contributed by atoms with Gasteiger partial charge in [-0.05, 0) is 43.4 Å². The Morgan fingerprint density at radius 1 is 1.45 bits per heavy atom. The van der Waals surface area contributed by atoms with Gasteiger partial charge in [0.25, 0.3) is 5.91 Å². The molecule has 1 aromatic rings. The molecule has 0 radical (unpaired) electrons. The van der Waals surface area contributed by atoms with Gasteiger partial charge in [0.15, 0.2) is 0 Å². The van der Waals surface area contributed by atoms with Crippen LogP contribution in [0, 0.1) is 5.92 Å². The van der Waals surface area contributed by atoms with Crippen molar-refractivity contribution in [1.82, 2.24) is 4.90 Å². The molecule has 1 saturated heterocycles. The second-order valence-corrected chi connectivity index (χ2v) is 5.46. The quantitative estimate of drug-likeness (QED) is 0.890. The summed E-state index contributed by atoms with van der Waals surface area (Å²) in [5.74, 6) is 0.541. The summed E-state index contributed by atoms with van der Waals surface area (Å²) in [4.78, 5) is 14.4. The van der Waals surface area contributed by atoms with Crippen molar-refractivity contribution in [2.24, 2.45) is 11.7 Å². The van der Waals surface area contributed by atoms with Crippen LogP contribution in [0.25, 0.3) is 0 Å². The van der Waals surface area contributed by atoms with Gasteiger partial charge in [0, 0.05) is 25.8 Å². The maximum absolute atomic E-state index is 12.6. The van der Waals surface area contributed by atoms with Crippen LogP contribution in [-0.2, 0) is 11.2 Å². The first-order valence-corrected chi connectivity index (χ1v) is 7.33. The Hall–Kier alpha value is -1.39. The third-order valence-electron chi connectivity index (χ3n) is 3.79. The molecule has 1 aromatic carbocycles. The molecule has 2 N–H and O–H groups in total. The number of amides is 1. The van der Waals surface area contributed by atoms with Gasteiger partial charge in [0.1, 0.15) is 0 Å². The highest BCUT2D eigenvalue weighted by molar-refractivity contribution is 5.95. The van der Waals surface area contributed by atoms with Gasteiger partial charge in [0.05, 0.1) is 6.61 Å². The SMILES string of the molecule is CN(CC1CCCOC1)C(=O)c1ccccc1CCN. The second kappa shape index (κ2) is 7.41. The molecule has 0 saturated carbocycles.